The van der Waals surface area contributed by atoms with Crippen LogP contribution in [0.25, 0.3) is 0 Å². The summed E-state index contributed by atoms with van der Waals surface area (Å²) >= 11 is 5.67. The second-order valence-electron chi connectivity index (χ2n) is 3.88. The third-order valence-corrected chi connectivity index (χ3v) is 4.39. The summed E-state index contributed by atoms with van der Waals surface area (Å²) in [5.74, 6) is 0.346. The van der Waals surface area contributed by atoms with Gasteiger partial charge in [-0.05, 0) is 30.7 Å². The van der Waals surface area contributed by atoms with Gasteiger partial charge in [-0.3, -0.25) is 0 Å². The van der Waals surface area contributed by atoms with E-state index in [0.717, 1.165) is 18.6 Å². The highest BCUT2D eigenvalue weighted by atomic mass is 35.5. The van der Waals surface area contributed by atoms with Crippen molar-refractivity contribution < 1.29 is 21.6 Å². The zero-order valence-corrected chi connectivity index (χ0v) is 11.6. The summed E-state index contributed by atoms with van der Waals surface area (Å²) in [7, 11) is -5.29. The lowest BCUT2D eigenvalue weighted by Gasteiger charge is -2.15. The molecular weight excluding hydrogens is 303 g/mol. The predicted molar refractivity (Wildman–Crippen MR) is 68.1 cm³/mol. The Hall–Kier alpha value is -0.950. The molecular formula is C11H13ClF3NO2S. The first-order valence-corrected chi connectivity index (χ1v) is 7.48. The second kappa shape index (κ2) is 6.00. The lowest BCUT2D eigenvalue weighted by Crippen LogP contribution is -2.23. The Bertz CT molecular complexity index is 510. The van der Waals surface area contributed by atoms with Crippen LogP contribution < -0.4 is 5.32 Å². The fourth-order valence-electron chi connectivity index (χ4n) is 1.35. The number of benzene rings is 1. The van der Waals surface area contributed by atoms with Crippen LogP contribution in [-0.4, -0.2) is 25.8 Å². The molecule has 0 aliphatic heterocycles. The zero-order chi connectivity index (χ0) is 14.7. The highest BCUT2D eigenvalue weighted by Gasteiger charge is 2.46. The van der Waals surface area contributed by atoms with Crippen molar-refractivity contribution in [3.05, 3.63) is 24.3 Å². The van der Waals surface area contributed by atoms with Crippen LogP contribution >= 0.6 is 11.6 Å². The van der Waals surface area contributed by atoms with Gasteiger partial charge < -0.3 is 5.32 Å². The summed E-state index contributed by atoms with van der Waals surface area (Å²) < 4.78 is 59.2. The van der Waals surface area contributed by atoms with Crippen LogP contribution in [0.2, 0.25) is 0 Å². The Labute approximate surface area is 114 Å². The summed E-state index contributed by atoms with van der Waals surface area (Å²) in [6.45, 7) is 1.91. The second-order valence-corrected chi connectivity index (χ2v) is 6.13. The molecule has 0 saturated carbocycles. The van der Waals surface area contributed by atoms with Crippen LogP contribution in [-0.2, 0) is 9.84 Å². The molecule has 0 saturated heterocycles. The van der Waals surface area contributed by atoms with E-state index in [1.54, 1.807) is 0 Å². The Morgan fingerprint density at radius 1 is 1.26 bits per heavy atom. The van der Waals surface area contributed by atoms with Crippen LogP contribution in [0.1, 0.15) is 13.3 Å². The number of anilines is 1. The highest BCUT2D eigenvalue weighted by Crippen LogP contribution is 2.30. The monoisotopic (exact) mass is 315 g/mol. The van der Waals surface area contributed by atoms with E-state index in [9.17, 15) is 21.6 Å². The fourth-order valence-corrected chi connectivity index (χ4v) is 2.41. The Morgan fingerprint density at radius 3 is 2.16 bits per heavy atom. The van der Waals surface area contributed by atoms with E-state index in [1.165, 1.54) is 12.1 Å². The zero-order valence-electron chi connectivity index (χ0n) is 10.0. The molecule has 19 heavy (non-hydrogen) atoms. The third kappa shape index (κ3) is 3.76. The van der Waals surface area contributed by atoms with E-state index in [1.807, 2.05) is 6.92 Å². The summed E-state index contributed by atoms with van der Waals surface area (Å²) in [4.78, 5) is -0.774. The van der Waals surface area contributed by atoms with E-state index in [2.05, 4.69) is 5.32 Å². The van der Waals surface area contributed by atoms with Gasteiger partial charge in [0.25, 0.3) is 9.84 Å². The van der Waals surface area contributed by atoms with Crippen molar-refractivity contribution in [2.75, 3.05) is 11.2 Å². The number of nitrogens with one attached hydrogen (secondary N) is 1. The van der Waals surface area contributed by atoms with Gasteiger partial charge >= 0.3 is 5.51 Å². The number of hydrogen-bond acceptors (Lipinski definition) is 3. The molecule has 0 aliphatic carbocycles. The lowest BCUT2D eigenvalue weighted by atomic mass is 10.2. The minimum absolute atomic E-state index is 0.0215. The number of rotatable bonds is 5. The quantitative estimate of drug-likeness (QED) is 0.847. The molecule has 0 aliphatic rings. The van der Waals surface area contributed by atoms with Crippen molar-refractivity contribution in [2.45, 2.75) is 29.8 Å². The van der Waals surface area contributed by atoms with Gasteiger partial charge in [0.15, 0.2) is 0 Å². The van der Waals surface area contributed by atoms with Crippen LogP contribution in [0.15, 0.2) is 29.2 Å². The lowest BCUT2D eigenvalue weighted by molar-refractivity contribution is -0.0436. The first-order chi connectivity index (χ1) is 8.72. The number of alkyl halides is 4. The minimum atomic E-state index is -5.29. The largest absolute Gasteiger partial charge is 0.501 e. The van der Waals surface area contributed by atoms with Crippen molar-refractivity contribution >= 4 is 27.1 Å². The minimum Gasteiger partial charge on any atom is -0.381 e. The van der Waals surface area contributed by atoms with E-state index in [-0.39, 0.29) is 6.04 Å². The van der Waals surface area contributed by atoms with E-state index < -0.39 is 20.2 Å². The Kier molecular flexibility index (Phi) is 5.09. The maximum absolute atomic E-state index is 12.3. The molecule has 108 valence electrons. The molecule has 0 heterocycles. The van der Waals surface area contributed by atoms with Gasteiger partial charge in [0, 0.05) is 17.6 Å². The molecule has 0 bridgehead atoms. The van der Waals surface area contributed by atoms with E-state index in [4.69, 9.17) is 11.6 Å². The van der Waals surface area contributed by atoms with Crippen molar-refractivity contribution in [2.24, 2.45) is 0 Å². The average Bonchev–Trinajstić information content (AvgIpc) is 2.35. The first kappa shape index (κ1) is 16.1. The smallest absolute Gasteiger partial charge is 0.381 e. The van der Waals surface area contributed by atoms with Crippen LogP contribution in [0.4, 0.5) is 18.9 Å². The maximum atomic E-state index is 12.3. The topological polar surface area (TPSA) is 46.2 Å². The predicted octanol–water partition coefficient (Wildman–Crippen LogP) is 3.41. The van der Waals surface area contributed by atoms with Crippen LogP contribution in [0, 0.1) is 0 Å². The first-order valence-electron chi connectivity index (χ1n) is 5.46. The summed E-state index contributed by atoms with van der Waals surface area (Å²) in [6.07, 6.45) is 0.742. The van der Waals surface area contributed by atoms with Gasteiger partial charge in [-0.1, -0.05) is 6.92 Å². The van der Waals surface area contributed by atoms with Crippen molar-refractivity contribution in [3.8, 4) is 0 Å². The fraction of sp³-hybridized carbons (Fsp3) is 0.455. The molecule has 0 amide bonds. The molecule has 0 fully saturated rings. The molecule has 1 aromatic rings. The molecule has 1 aromatic carbocycles. The van der Waals surface area contributed by atoms with Gasteiger partial charge in [-0.15, -0.1) is 11.6 Å². The highest BCUT2D eigenvalue weighted by molar-refractivity contribution is 7.92. The van der Waals surface area contributed by atoms with Gasteiger partial charge in [0.05, 0.1) is 4.90 Å². The van der Waals surface area contributed by atoms with Crippen molar-refractivity contribution in [1.82, 2.24) is 0 Å². The Balaban J connectivity index is 2.95. The SMILES string of the molecule is CCC(CCl)Nc1ccc(S(=O)(=O)C(F)(F)F)cc1. The summed E-state index contributed by atoms with van der Waals surface area (Å²) in [5, 5.41) is 2.99. The molecule has 1 atom stereocenters. The summed E-state index contributed by atoms with van der Waals surface area (Å²) in [6, 6.07) is 4.40. The molecule has 0 radical (unpaired) electrons. The Morgan fingerprint density at radius 2 is 1.79 bits per heavy atom. The molecule has 1 unspecified atom stereocenters. The maximum Gasteiger partial charge on any atom is 0.501 e. The van der Waals surface area contributed by atoms with Gasteiger partial charge in [-0.2, -0.15) is 13.2 Å². The van der Waals surface area contributed by atoms with Crippen molar-refractivity contribution in [3.63, 3.8) is 0 Å². The number of sulfone groups is 1. The number of hydrogen-bond donors (Lipinski definition) is 1. The van der Waals surface area contributed by atoms with Crippen molar-refractivity contribution in [1.29, 1.82) is 0 Å². The molecule has 3 nitrogen and oxygen atoms in total. The molecule has 0 spiro atoms. The van der Waals surface area contributed by atoms with E-state index >= 15 is 0 Å². The molecule has 0 aromatic heterocycles. The van der Waals surface area contributed by atoms with Crippen LogP contribution in [0.5, 0.6) is 0 Å². The van der Waals surface area contributed by atoms with Gasteiger partial charge in [-0.25, -0.2) is 8.42 Å². The van der Waals surface area contributed by atoms with Gasteiger partial charge in [0.1, 0.15) is 0 Å². The standard InChI is InChI=1S/C11H13ClF3NO2S/c1-2-8(7-12)16-9-3-5-10(6-4-9)19(17,18)11(13,14)15/h3-6,8,16H,2,7H2,1H3. The summed E-state index contributed by atoms with van der Waals surface area (Å²) in [5.41, 5.74) is -4.77. The normalized spacial score (nSPS) is 14.2. The molecule has 1 rings (SSSR count). The van der Waals surface area contributed by atoms with E-state index in [0.29, 0.717) is 11.6 Å². The molecule has 8 heteroatoms. The number of halogens is 4. The van der Waals surface area contributed by atoms with Crippen LogP contribution in [0.3, 0.4) is 0 Å². The van der Waals surface area contributed by atoms with Gasteiger partial charge in [0.2, 0.25) is 0 Å². The molecule has 1 N–H and O–H groups in total. The average molecular weight is 316 g/mol. The third-order valence-electron chi connectivity index (χ3n) is 2.52.